The fourth-order valence-corrected chi connectivity index (χ4v) is 4.33. The Balaban J connectivity index is 1.46. The molecular formula is C20H26ClN5O. The number of hydrogen-bond donors (Lipinski definition) is 0. The molecule has 0 saturated carbocycles. The fourth-order valence-electron chi connectivity index (χ4n) is 4.12. The Morgan fingerprint density at radius 3 is 2.96 bits per heavy atom. The Hall–Kier alpha value is -1.92. The van der Waals surface area contributed by atoms with Crippen LogP contribution in [0, 0.1) is 0 Å². The van der Waals surface area contributed by atoms with Crippen LogP contribution in [-0.4, -0.2) is 57.2 Å². The van der Waals surface area contributed by atoms with Crippen LogP contribution in [0.4, 0.5) is 0 Å². The number of likely N-dealkylation sites (N-methyl/N-ethyl adjacent to an activating group) is 1. The second-order valence-electron chi connectivity index (χ2n) is 7.55. The molecule has 4 rings (SSSR count). The monoisotopic (exact) mass is 387 g/mol. The van der Waals surface area contributed by atoms with E-state index < -0.39 is 0 Å². The molecule has 0 unspecified atom stereocenters. The zero-order chi connectivity index (χ0) is 18.8. The summed E-state index contributed by atoms with van der Waals surface area (Å²) >= 11 is 6.05. The number of benzene rings is 1. The minimum absolute atomic E-state index is 0.0570. The first kappa shape index (κ1) is 18.4. The van der Waals surface area contributed by atoms with Gasteiger partial charge in [-0.1, -0.05) is 23.7 Å². The highest BCUT2D eigenvalue weighted by atomic mass is 35.5. The van der Waals surface area contributed by atoms with Gasteiger partial charge in [0.15, 0.2) is 5.82 Å². The highest BCUT2D eigenvalue weighted by molar-refractivity contribution is 6.30. The second kappa shape index (κ2) is 7.98. The van der Waals surface area contributed by atoms with Crippen LogP contribution >= 0.6 is 11.6 Å². The molecule has 3 heterocycles. The maximum absolute atomic E-state index is 12.9. The van der Waals surface area contributed by atoms with Crippen molar-refractivity contribution in [2.75, 3.05) is 26.7 Å². The lowest BCUT2D eigenvalue weighted by Gasteiger charge is -2.25. The lowest BCUT2D eigenvalue weighted by molar-refractivity contribution is -0.132. The number of halogens is 1. The van der Waals surface area contributed by atoms with Gasteiger partial charge in [-0.2, -0.15) is 0 Å². The van der Waals surface area contributed by atoms with E-state index >= 15 is 0 Å². The minimum atomic E-state index is 0.0570. The summed E-state index contributed by atoms with van der Waals surface area (Å²) in [5.41, 5.74) is 1.10. The van der Waals surface area contributed by atoms with Crippen molar-refractivity contribution in [3.8, 4) is 0 Å². The normalized spacial score (nSPS) is 20.5. The molecule has 1 saturated heterocycles. The van der Waals surface area contributed by atoms with Crippen molar-refractivity contribution in [2.24, 2.45) is 0 Å². The van der Waals surface area contributed by atoms with Gasteiger partial charge >= 0.3 is 0 Å². The molecule has 27 heavy (non-hydrogen) atoms. The molecule has 0 aliphatic carbocycles. The van der Waals surface area contributed by atoms with E-state index in [0.717, 1.165) is 67.7 Å². The minimum Gasteiger partial charge on any atom is -0.332 e. The Kier molecular flexibility index (Phi) is 5.45. The molecule has 2 aliphatic heterocycles. The summed E-state index contributed by atoms with van der Waals surface area (Å²) in [6, 6.07) is 7.81. The lowest BCUT2D eigenvalue weighted by Crippen LogP contribution is -2.32. The summed E-state index contributed by atoms with van der Waals surface area (Å²) in [6.45, 7) is 3.70. The molecule has 7 heteroatoms. The average Bonchev–Trinajstić information content (AvgIpc) is 3.25. The predicted molar refractivity (Wildman–Crippen MR) is 105 cm³/mol. The SMILES string of the molecule is CN1CCc2nnc([C@@H]3CCCN3C(=O)CCc3cccc(Cl)c3)n2CC1. The molecule has 0 radical (unpaired) electrons. The number of nitrogens with zero attached hydrogens (tertiary/aromatic N) is 5. The average molecular weight is 388 g/mol. The highest BCUT2D eigenvalue weighted by Gasteiger charge is 2.34. The van der Waals surface area contributed by atoms with Crippen molar-refractivity contribution < 1.29 is 4.79 Å². The van der Waals surface area contributed by atoms with Gasteiger partial charge in [-0.05, 0) is 44.0 Å². The number of aromatic nitrogens is 3. The van der Waals surface area contributed by atoms with Gasteiger partial charge in [0.2, 0.25) is 5.91 Å². The fraction of sp³-hybridized carbons (Fsp3) is 0.550. The molecular weight excluding hydrogens is 362 g/mol. The summed E-state index contributed by atoms with van der Waals surface area (Å²) in [4.78, 5) is 17.3. The quantitative estimate of drug-likeness (QED) is 0.809. The van der Waals surface area contributed by atoms with Crippen LogP contribution in [0.3, 0.4) is 0 Å². The third-order valence-electron chi connectivity index (χ3n) is 5.67. The van der Waals surface area contributed by atoms with E-state index in [2.05, 4.69) is 26.7 Å². The third kappa shape index (κ3) is 4.01. The summed E-state index contributed by atoms with van der Waals surface area (Å²) in [5.74, 6) is 2.21. The topological polar surface area (TPSA) is 54.3 Å². The van der Waals surface area contributed by atoms with Gasteiger partial charge in [0.1, 0.15) is 5.82 Å². The molecule has 1 fully saturated rings. The van der Waals surface area contributed by atoms with Crippen LogP contribution in [-0.2, 0) is 24.2 Å². The van der Waals surface area contributed by atoms with Crippen LogP contribution < -0.4 is 0 Å². The summed E-state index contributed by atoms with van der Waals surface area (Å²) < 4.78 is 2.25. The van der Waals surface area contributed by atoms with Gasteiger partial charge in [-0.25, -0.2) is 0 Å². The van der Waals surface area contributed by atoms with Gasteiger partial charge in [0.05, 0.1) is 6.04 Å². The molecule has 0 spiro atoms. The molecule has 1 aromatic heterocycles. The van der Waals surface area contributed by atoms with E-state index in [0.29, 0.717) is 12.8 Å². The largest absolute Gasteiger partial charge is 0.332 e. The van der Waals surface area contributed by atoms with Gasteiger partial charge in [-0.3, -0.25) is 4.79 Å². The summed E-state index contributed by atoms with van der Waals surface area (Å²) in [7, 11) is 2.14. The van der Waals surface area contributed by atoms with E-state index in [4.69, 9.17) is 11.6 Å². The van der Waals surface area contributed by atoms with Crippen molar-refractivity contribution >= 4 is 17.5 Å². The number of rotatable bonds is 4. The van der Waals surface area contributed by atoms with Crippen LogP contribution in [0.15, 0.2) is 24.3 Å². The third-order valence-corrected chi connectivity index (χ3v) is 5.90. The Labute approximate surface area is 165 Å². The van der Waals surface area contributed by atoms with Crippen molar-refractivity contribution in [3.63, 3.8) is 0 Å². The molecule has 144 valence electrons. The van der Waals surface area contributed by atoms with Crippen LogP contribution in [0.2, 0.25) is 5.02 Å². The first-order valence-corrected chi connectivity index (χ1v) is 10.1. The summed E-state index contributed by atoms with van der Waals surface area (Å²) in [5, 5.41) is 9.64. The summed E-state index contributed by atoms with van der Waals surface area (Å²) in [6.07, 6.45) is 4.12. The number of likely N-dealkylation sites (tertiary alicyclic amines) is 1. The van der Waals surface area contributed by atoms with Crippen LogP contribution in [0.1, 0.15) is 42.5 Å². The molecule has 0 bridgehead atoms. The maximum Gasteiger partial charge on any atom is 0.223 e. The molecule has 1 amide bonds. The highest BCUT2D eigenvalue weighted by Crippen LogP contribution is 2.32. The Morgan fingerprint density at radius 2 is 2.11 bits per heavy atom. The van der Waals surface area contributed by atoms with Gasteiger partial charge in [-0.15, -0.1) is 10.2 Å². The molecule has 1 atom stereocenters. The maximum atomic E-state index is 12.9. The van der Waals surface area contributed by atoms with E-state index in [1.54, 1.807) is 0 Å². The van der Waals surface area contributed by atoms with Crippen molar-refractivity contribution in [1.82, 2.24) is 24.6 Å². The van der Waals surface area contributed by atoms with Crippen molar-refractivity contribution in [2.45, 2.75) is 44.7 Å². The van der Waals surface area contributed by atoms with E-state index in [-0.39, 0.29) is 11.9 Å². The lowest BCUT2D eigenvalue weighted by atomic mass is 10.1. The molecule has 2 aromatic rings. The number of aryl methyl sites for hydroxylation is 1. The standard InChI is InChI=1S/C20H26ClN5O/c1-24-11-9-18-22-23-20(26(18)13-12-24)17-6-3-10-25(17)19(27)8-7-15-4-2-5-16(21)14-15/h2,4-5,14,17H,3,6-13H2,1H3/t17-/m0/s1. The first-order valence-electron chi connectivity index (χ1n) is 9.76. The number of amides is 1. The van der Waals surface area contributed by atoms with Crippen molar-refractivity contribution in [1.29, 1.82) is 0 Å². The number of carbonyl (C=O) groups excluding carboxylic acids is 1. The van der Waals surface area contributed by atoms with Gasteiger partial charge in [0, 0.05) is 44.0 Å². The zero-order valence-electron chi connectivity index (χ0n) is 15.8. The number of fused-ring (bicyclic) bond motifs is 1. The Morgan fingerprint density at radius 1 is 1.22 bits per heavy atom. The smallest absolute Gasteiger partial charge is 0.223 e. The van der Waals surface area contributed by atoms with E-state index in [1.165, 1.54) is 0 Å². The zero-order valence-corrected chi connectivity index (χ0v) is 16.5. The molecule has 0 N–H and O–H groups in total. The van der Waals surface area contributed by atoms with Crippen LogP contribution in [0.25, 0.3) is 0 Å². The van der Waals surface area contributed by atoms with Crippen LogP contribution in [0.5, 0.6) is 0 Å². The molecule has 1 aromatic carbocycles. The van der Waals surface area contributed by atoms with Gasteiger partial charge < -0.3 is 14.4 Å². The van der Waals surface area contributed by atoms with Crippen molar-refractivity contribution in [3.05, 3.63) is 46.5 Å². The van der Waals surface area contributed by atoms with E-state index in [1.807, 2.05) is 29.2 Å². The Bertz CT molecular complexity index is 820. The molecule has 2 aliphatic rings. The predicted octanol–water partition coefficient (Wildman–Crippen LogP) is 2.72. The van der Waals surface area contributed by atoms with E-state index in [9.17, 15) is 4.79 Å². The second-order valence-corrected chi connectivity index (χ2v) is 7.99. The number of hydrogen-bond acceptors (Lipinski definition) is 4. The number of carbonyl (C=O) groups is 1. The molecule has 6 nitrogen and oxygen atoms in total. The first-order chi connectivity index (χ1) is 13.1. The van der Waals surface area contributed by atoms with Gasteiger partial charge in [0.25, 0.3) is 0 Å².